The summed E-state index contributed by atoms with van der Waals surface area (Å²) in [5.41, 5.74) is 6.55. The summed E-state index contributed by atoms with van der Waals surface area (Å²) in [6.07, 6.45) is 3.80. The molecule has 1 saturated heterocycles. The standard InChI is InChI=1S/C19H29N3O2/c1-3-8-14(2)21-19(24)16-11-7-12-22(13-16)17(18(20)23)15-9-5-4-6-10-15/h4-6,9-10,14,16-17H,3,7-8,11-13H2,1-2H3,(H2,20,23)(H,21,24)/t14-,16-,17+/m0/s1. The van der Waals surface area contributed by atoms with Gasteiger partial charge in [-0.1, -0.05) is 43.7 Å². The Morgan fingerprint density at radius 1 is 1.33 bits per heavy atom. The van der Waals surface area contributed by atoms with Gasteiger partial charge in [0.15, 0.2) is 0 Å². The Kier molecular flexibility index (Phi) is 6.79. The second kappa shape index (κ2) is 8.83. The molecular formula is C19H29N3O2. The molecule has 0 unspecified atom stereocenters. The van der Waals surface area contributed by atoms with Crippen molar-refractivity contribution in [3.05, 3.63) is 35.9 Å². The summed E-state index contributed by atoms with van der Waals surface area (Å²) < 4.78 is 0. The summed E-state index contributed by atoms with van der Waals surface area (Å²) in [5, 5.41) is 3.10. The first-order chi connectivity index (χ1) is 11.5. The smallest absolute Gasteiger partial charge is 0.239 e. The monoisotopic (exact) mass is 331 g/mol. The minimum absolute atomic E-state index is 0.0800. The van der Waals surface area contributed by atoms with Gasteiger partial charge in [-0.2, -0.15) is 0 Å². The van der Waals surface area contributed by atoms with Crippen LogP contribution in [0.5, 0.6) is 0 Å². The second-order valence-corrected chi connectivity index (χ2v) is 6.75. The van der Waals surface area contributed by atoms with Gasteiger partial charge < -0.3 is 11.1 Å². The van der Waals surface area contributed by atoms with Crippen molar-refractivity contribution in [2.24, 2.45) is 11.7 Å². The van der Waals surface area contributed by atoms with Crippen LogP contribution in [0.4, 0.5) is 0 Å². The van der Waals surface area contributed by atoms with Crippen LogP contribution >= 0.6 is 0 Å². The van der Waals surface area contributed by atoms with E-state index in [9.17, 15) is 9.59 Å². The van der Waals surface area contributed by atoms with Gasteiger partial charge in [0, 0.05) is 12.6 Å². The van der Waals surface area contributed by atoms with Gasteiger partial charge in [-0.05, 0) is 38.3 Å². The molecule has 0 aliphatic carbocycles. The Bertz CT molecular complexity index is 547. The van der Waals surface area contributed by atoms with Crippen LogP contribution in [-0.2, 0) is 9.59 Å². The van der Waals surface area contributed by atoms with Gasteiger partial charge in [-0.3, -0.25) is 14.5 Å². The zero-order valence-electron chi connectivity index (χ0n) is 14.7. The molecule has 3 N–H and O–H groups in total. The largest absolute Gasteiger partial charge is 0.368 e. The first kappa shape index (κ1) is 18.5. The predicted molar refractivity (Wildman–Crippen MR) is 95.2 cm³/mol. The molecule has 1 aliphatic heterocycles. The van der Waals surface area contributed by atoms with Crippen molar-refractivity contribution in [3.8, 4) is 0 Å². The van der Waals surface area contributed by atoms with E-state index >= 15 is 0 Å². The number of primary amides is 1. The molecule has 24 heavy (non-hydrogen) atoms. The summed E-state index contributed by atoms with van der Waals surface area (Å²) >= 11 is 0. The lowest BCUT2D eigenvalue weighted by Crippen LogP contribution is -2.48. The van der Waals surface area contributed by atoms with E-state index in [1.165, 1.54) is 0 Å². The number of piperidine rings is 1. The van der Waals surface area contributed by atoms with E-state index in [2.05, 4.69) is 17.1 Å². The Balaban J connectivity index is 2.05. The molecule has 0 saturated carbocycles. The van der Waals surface area contributed by atoms with Crippen molar-refractivity contribution in [3.63, 3.8) is 0 Å². The van der Waals surface area contributed by atoms with E-state index < -0.39 is 6.04 Å². The van der Waals surface area contributed by atoms with Crippen LogP contribution in [0.2, 0.25) is 0 Å². The van der Waals surface area contributed by atoms with Crippen LogP contribution in [0.1, 0.15) is 51.1 Å². The van der Waals surface area contributed by atoms with E-state index in [1.54, 1.807) is 0 Å². The number of nitrogens with two attached hydrogens (primary N) is 1. The van der Waals surface area contributed by atoms with Gasteiger partial charge >= 0.3 is 0 Å². The average molecular weight is 331 g/mol. The highest BCUT2D eigenvalue weighted by Gasteiger charge is 2.33. The highest BCUT2D eigenvalue weighted by Crippen LogP contribution is 2.27. The van der Waals surface area contributed by atoms with Crippen molar-refractivity contribution in [2.45, 2.75) is 51.6 Å². The molecule has 0 bridgehead atoms. The number of nitrogens with one attached hydrogen (secondary N) is 1. The molecule has 0 radical (unpaired) electrons. The molecule has 2 rings (SSSR count). The third-order valence-electron chi connectivity index (χ3n) is 4.68. The number of rotatable bonds is 7. The van der Waals surface area contributed by atoms with Gasteiger partial charge in [-0.15, -0.1) is 0 Å². The summed E-state index contributed by atoms with van der Waals surface area (Å²) in [7, 11) is 0. The number of carbonyl (C=O) groups excluding carboxylic acids is 2. The molecule has 3 atom stereocenters. The molecule has 1 aromatic carbocycles. The van der Waals surface area contributed by atoms with Crippen LogP contribution in [-0.4, -0.2) is 35.8 Å². The Morgan fingerprint density at radius 3 is 2.67 bits per heavy atom. The van der Waals surface area contributed by atoms with E-state index in [0.29, 0.717) is 6.54 Å². The minimum atomic E-state index is -0.463. The topological polar surface area (TPSA) is 75.4 Å². The quantitative estimate of drug-likeness (QED) is 0.804. The predicted octanol–water partition coefficient (Wildman–Crippen LogP) is 2.23. The number of hydrogen-bond donors (Lipinski definition) is 2. The number of hydrogen-bond acceptors (Lipinski definition) is 3. The van der Waals surface area contributed by atoms with E-state index in [0.717, 1.165) is 37.8 Å². The SMILES string of the molecule is CCC[C@H](C)NC(=O)[C@H]1CCCN([C@@H](C(N)=O)c2ccccc2)C1. The number of likely N-dealkylation sites (tertiary alicyclic amines) is 1. The van der Waals surface area contributed by atoms with Crippen molar-refractivity contribution in [1.29, 1.82) is 0 Å². The van der Waals surface area contributed by atoms with Crippen molar-refractivity contribution < 1.29 is 9.59 Å². The summed E-state index contributed by atoms with van der Waals surface area (Å²) in [4.78, 5) is 26.6. The number of carbonyl (C=O) groups is 2. The van der Waals surface area contributed by atoms with Gasteiger partial charge in [0.1, 0.15) is 6.04 Å². The first-order valence-corrected chi connectivity index (χ1v) is 8.91. The van der Waals surface area contributed by atoms with E-state index in [1.807, 2.05) is 37.3 Å². The fourth-order valence-electron chi connectivity index (χ4n) is 3.51. The Hall–Kier alpha value is -1.88. The van der Waals surface area contributed by atoms with Crippen LogP contribution in [0, 0.1) is 5.92 Å². The Labute approximate surface area is 144 Å². The van der Waals surface area contributed by atoms with Gasteiger partial charge in [0.25, 0.3) is 0 Å². The zero-order chi connectivity index (χ0) is 17.5. The summed E-state index contributed by atoms with van der Waals surface area (Å²) in [5.74, 6) is -0.345. The second-order valence-electron chi connectivity index (χ2n) is 6.75. The molecule has 0 aromatic heterocycles. The third kappa shape index (κ3) is 4.81. The molecule has 1 aliphatic rings. The van der Waals surface area contributed by atoms with Crippen LogP contribution in [0.3, 0.4) is 0 Å². The maximum atomic E-state index is 12.5. The van der Waals surface area contributed by atoms with Crippen molar-refractivity contribution in [1.82, 2.24) is 10.2 Å². The van der Waals surface area contributed by atoms with E-state index in [4.69, 9.17) is 5.73 Å². The van der Waals surface area contributed by atoms with Crippen LogP contribution in [0.25, 0.3) is 0 Å². The lowest BCUT2D eigenvalue weighted by atomic mass is 9.93. The van der Waals surface area contributed by atoms with Gasteiger partial charge in [0.2, 0.25) is 11.8 Å². The molecule has 0 spiro atoms. The fourth-order valence-corrected chi connectivity index (χ4v) is 3.51. The van der Waals surface area contributed by atoms with Gasteiger partial charge in [-0.25, -0.2) is 0 Å². The lowest BCUT2D eigenvalue weighted by molar-refractivity contribution is -0.131. The molecule has 1 fully saturated rings. The molecule has 1 aromatic rings. The maximum absolute atomic E-state index is 12.5. The maximum Gasteiger partial charge on any atom is 0.239 e. The fraction of sp³-hybridized carbons (Fsp3) is 0.579. The number of amides is 2. The van der Waals surface area contributed by atoms with E-state index in [-0.39, 0.29) is 23.8 Å². The zero-order valence-corrected chi connectivity index (χ0v) is 14.7. The molecule has 132 valence electrons. The lowest BCUT2D eigenvalue weighted by Gasteiger charge is -2.36. The summed E-state index contributed by atoms with van der Waals surface area (Å²) in [6, 6.07) is 9.31. The summed E-state index contributed by atoms with van der Waals surface area (Å²) in [6.45, 7) is 5.52. The van der Waals surface area contributed by atoms with Crippen molar-refractivity contribution >= 4 is 11.8 Å². The molecule has 5 heteroatoms. The highest BCUT2D eigenvalue weighted by molar-refractivity contribution is 5.82. The number of benzene rings is 1. The average Bonchev–Trinajstić information content (AvgIpc) is 2.56. The third-order valence-corrected chi connectivity index (χ3v) is 4.68. The Morgan fingerprint density at radius 2 is 2.04 bits per heavy atom. The normalized spacial score (nSPS) is 21.0. The highest BCUT2D eigenvalue weighted by atomic mass is 16.2. The number of nitrogens with zero attached hydrogens (tertiary/aromatic N) is 1. The van der Waals surface area contributed by atoms with Crippen LogP contribution in [0.15, 0.2) is 30.3 Å². The first-order valence-electron chi connectivity index (χ1n) is 8.91. The van der Waals surface area contributed by atoms with Crippen LogP contribution < -0.4 is 11.1 Å². The molecular weight excluding hydrogens is 302 g/mol. The van der Waals surface area contributed by atoms with Gasteiger partial charge in [0.05, 0.1) is 5.92 Å². The molecule has 1 heterocycles. The minimum Gasteiger partial charge on any atom is -0.368 e. The van der Waals surface area contributed by atoms with Crippen molar-refractivity contribution in [2.75, 3.05) is 13.1 Å². The molecule has 5 nitrogen and oxygen atoms in total. The molecule has 2 amide bonds.